The maximum atomic E-state index is 12.1. The molecule has 1 atom stereocenters. The standard InChI is InChI=1S/C14H19ClN2O/c1-10-6-7-11(9-12(10)15)17-14(18)13-5-3-2-4-8-16-13/h6-7,9,13,16H,2-5,8H2,1H3,(H,17,18). The summed E-state index contributed by atoms with van der Waals surface area (Å²) >= 11 is 6.04. The van der Waals surface area contributed by atoms with E-state index in [0.29, 0.717) is 5.02 Å². The second-order valence-electron chi connectivity index (χ2n) is 4.81. The molecular formula is C14H19ClN2O. The largest absolute Gasteiger partial charge is 0.325 e. The van der Waals surface area contributed by atoms with Crippen LogP contribution in [0.25, 0.3) is 0 Å². The number of amides is 1. The Balaban J connectivity index is 1.99. The van der Waals surface area contributed by atoms with Crippen molar-refractivity contribution in [1.29, 1.82) is 0 Å². The van der Waals surface area contributed by atoms with Crippen LogP contribution in [0.15, 0.2) is 18.2 Å². The summed E-state index contributed by atoms with van der Waals surface area (Å²) in [5, 5.41) is 6.89. The number of anilines is 1. The molecule has 18 heavy (non-hydrogen) atoms. The van der Waals surface area contributed by atoms with Gasteiger partial charge in [-0.3, -0.25) is 4.79 Å². The fourth-order valence-corrected chi connectivity index (χ4v) is 2.33. The molecular weight excluding hydrogens is 248 g/mol. The third-order valence-electron chi connectivity index (χ3n) is 3.32. The average Bonchev–Trinajstić information content (AvgIpc) is 2.62. The Morgan fingerprint density at radius 2 is 2.22 bits per heavy atom. The van der Waals surface area contributed by atoms with Gasteiger partial charge in [0.2, 0.25) is 5.91 Å². The second-order valence-corrected chi connectivity index (χ2v) is 5.22. The number of carbonyl (C=O) groups excluding carboxylic acids is 1. The van der Waals surface area contributed by atoms with Gasteiger partial charge in [0.05, 0.1) is 6.04 Å². The van der Waals surface area contributed by atoms with Crippen LogP contribution in [-0.2, 0) is 4.79 Å². The zero-order valence-electron chi connectivity index (χ0n) is 10.6. The van der Waals surface area contributed by atoms with E-state index in [2.05, 4.69) is 10.6 Å². The van der Waals surface area contributed by atoms with E-state index in [0.717, 1.165) is 37.1 Å². The molecule has 98 valence electrons. The molecule has 2 N–H and O–H groups in total. The maximum Gasteiger partial charge on any atom is 0.241 e. The number of benzene rings is 1. The molecule has 0 radical (unpaired) electrons. The van der Waals surface area contributed by atoms with Crippen LogP contribution >= 0.6 is 11.6 Å². The Labute approximate surface area is 113 Å². The van der Waals surface area contributed by atoms with Crippen molar-refractivity contribution in [3.63, 3.8) is 0 Å². The lowest BCUT2D eigenvalue weighted by Gasteiger charge is -2.15. The number of hydrogen-bond donors (Lipinski definition) is 2. The highest BCUT2D eigenvalue weighted by Gasteiger charge is 2.19. The predicted octanol–water partition coefficient (Wildman–Crippen LogP) is 3.12. The number of hydrogen-bond acceptors (Lipinski definition) is 2. The SMILES string of the molecule is Cc1ccc(NC(=O)C2CCCCCN2)cc1Cl. The van der Waals surface area contributed by atoms with Gasteiger partial charge in [-0.05, 0) is 44.0 Å². The third kappa shape index (κ3) is 3.47. The molecule has 0 aromatic heterocycles. The zero-order chi connectivity index (χ0) is 13.0. The van der Waals surface area contributed by atoms with Gasteiger partial charge in [0.15, 0.2) is 0 Å². The summed E-state index contributed by atoms with van der Waals surface area (Å²) in [6.45, 7) is 2.87. The highest BCUT2D eigenvalue weighted by atomic mass is 35.5. The van der Waals surface area contributed by atoms with Gasteiger partial charge in [-0.1, -0.05) is 30.5 Å². The van der Waals surface area contributed by atoms with Gasteiger partial charge >= 0.3 is 0 Å². The Morgan fingerprint density at radius 1 is 1.39 bits per heavy atom. The van der Waals surface area contributed by atoms with Crippen LogP contribution in [0.4, 0.5) is 5.69 Å². The van der Waals surface area contributed by atoms with E-state index in [1.807, 2.05) is 19.1 Å². The van der Waals surface area contributed by atoms with Gasteiger partial charge < -0.3 is 10.6 Å². The quantitative estimate of drug-likeness (QED) is 0.864. The van der Waals surface area contributed by atoms with Crippen LogP contribution in [-0.4, -0.2) is 18.5 Å². The molecule has 3 nitrogen and oxygen atoms in total. The lowest BCUT2D eigenvalue weighted by atomic mass is 10.1. The third-order valence-corrected chi connectivity index (χ3v) is 3.72. The summed E-state index contributed by atoms with van der Waals surface area (Å²) in [5.41, 5.74) is 1.78. The first-order valence-corrected chi connectivity index (χ1v) is 6.85. The van der Waals surface area contributed by atoms with Crippen LogP contribution in [0.1, 0.15) is 31.2 Å². The first-order valence-electron chi connectivity index (χ1n) is 6.47. The molecule has 1 aromatic carbocycles. The van der Waals surface area contributed by atoms with Crippen molar-refractivity contribution in [2.24, 2.45) is 0 Å². The van der Waals surface area contributed by atoms with Gasteiger partial charge in [-0.25, -0.2) is 0 Å². The number of rotatable bonds is 2. The monoisotopic (exact) mass is 266 g/mol. The molecule has 2 rings (SSSR count). The van der Waals surface area contributed by atoms with Gasteiger partial charge in [0.25, 0.3) is 0 Å². The topological polar surface area (TPSA) is 41.1 Å². The number of nitrogens with one attached hydrogen (secondary N) is 2. The Bertz CT molecular complexity index is 426. The minimum absolute atomic E-state index is 0.0387. The van der Waals surface area contributed by atoms with Crippen molar-refractivity contribution in [1.82, 2.24) is 5.32 Å². The summed E-state index contributed by atoms with van der Waals surface area (Å²) in [4.78, 5) is 12.1. The first-order chi connectivity index (χ1) is 8.66. The minimum Gasteiger partial charge on any atom is -0.325 e. The van der Waals surface area contributed by atoms with Crippen molar-refractivity contribution < 1.29 is 4.79 Å². The number of aryl methyl sites for hydroxylation is 1. The molecule has 0 saturated carbocycles. The predicted molar refractivity (Wildman–Crippen MR) is 75.1 cm³/mol. The fraction of sp³-hybridized carbons (Fsp3) is 0.500. The molecule has 1 aliphatic heterocycles. The van der Waals surface area contributed by atoms with Crippen molar-refractivity contribution in [3.05, 3.63) is 28.8 Å². The van der Waals surface area contributed by atoms with Crippen molar-refractivity contribution >= 4 is 23.2 Å². The summed E-state index contributed by atoms with van der Waals surface area (Å²) in [6.07, 6.45) is 4.37. The molecule has 1 amide bonds. The average molecular weight is 267 g/mol. The molecule has 4 heteroatoms. The molecule has 0 spiro atoms. The van der Waals surface area contributed by atoms with E-state index in [4.69, 9.17) is 11.6 Å². The molecule has 1 saturated heterocycles. The molecule has 0 aliphatic carbocycles. The van der Waals surface area contributed by atoms with E-state index < -0.39 is 0 Å². The smallest absolute Gasteiger partial charge is 0.241 e. The van der Waals surface area contributed by atoms with Gasteiger partial charge in [-0.2, -0.15) is 0 Å². The lowest BCUT2D eigenvalue weighted by Crippen LogP contribution is -2.39. The molecule has 1 fully saturated rings. The summed E-state index contributed by atoms with van der Waals surface area (Å²) in [6, 6.07) is 5.52. The maximum absolute atomic E-state index is 12.1. The van der Waals surface area contributed by atoms with E-state index in [1.165, 1.54) is 6.42 Å². The molecule has 0 bridgehead atoms. The summed E-state index contributed by atoms with van der Waals surface area (Å²) < 4.78 is 0. The van der Waals surface area contributed by atoms with Crippen LogP contribution in [0.5, 0.6) is 0 Å². The number of carbonyl (C=O) groups is 1. The Hall–Kier alpha value is -1.06. The normalized spacial score (nSPS) is 20.2. The molecule has 1 aromatic rings. The van der Waals surface area contributed by atoms with Crippen LogP contribution in [0.2, 0.25) is 5.02 Å². The zero-order valence-corrected chi connectivity index (χ0v) is 11.4. The molecule has 1 aliphatic rings. The second kappa shape index (κ2) is 6.21. The highest BCUT2D eigenvalue weighted by Crippen LogP contribution is 2.20. The Kier molecular flexibility index (Phi) is 4.61. The Morgan fingerprint density at radius 3 is 3.00 bits per heavy atom. The van der Waals surface area contributed by atoms with Crippen molar-refractivity contribution in [3.8, 4) is 0 Å². The van der Waals surface area contributed by atoms with Crippen LogP contribution in [0, 0.1) is 6.92 Å². The minimum atomic E-state index is -0.0763. The number of halogens is 1. The lowest BCUT2D eigenvalue weighted by molar-refractivity contribution is -0.118. The van der Waals surface area contributed by atoms with E-state index in [1.54, 1.807) is 6.07 Å². The fourth-order valence-electron chi connectivity index (χ4n) is 2.15. The van der Waals surface area contributed by atoms with Crippen molar-refractivity contribution in [2.45, 2.75) is 38.6 Å². The van der Waals surface area contributed by atoms with Gasteiger partial charge in [0, 0.05) is 10.7 Å². The van der Waals surface area contributed by atoms with Crippen LogP contribution in [0.3, 0.4) is 0 Å². The molecule has 1 heterocycles. The highest BCUT2D eigenvalue weighted by molar-refractivity contribution is 6.31. The molecule has 1 unspecified atom stereocenters. The van der Waals surface area contributed by atoms with E-state index >= 15 is 0 Å². The van der Waals surface area contributed by atoms with E-state index in [9.17, 15) is 4.79 Å². The summed E-state index contributed by atoms with van der Waals surface area (Å²) in [5.74, 6) is 0.0387. The van der Waals surface area contributed by atoms with Gasteiger partial charge in [0.1, 0.15) is 0 Å². The van der Waals surface area contributed by atoms with Crippen LogP contribution < -0.4 is 10.6 Å². The summed E-state index contributed by atoms with van der Waals surface area (Å²) in [7, 11) is 0. The first kappa shape index (κ1) is 13.4. The van der Waals surface area contributed by atoms with E-state index in [-0.39, 0.29) is 11.9 Å². The van der Waals surface area contributed by atoms with Crippen molar-refractivity contribution in [2.75, 3.05) is 11.9 Å². The van der Waals surface area contributed by atoms with Gasteiger partial charge in [-0.15, -0.1) is 0 Å².